The van der Waals surface area contributed by atoms with E-state index in [-0.39, 0.29) is 11.4 Å². The van der Waals surface area contributed by atoms with Gasteiger partial charge in [-0.05, 0) is 81.8 Å². The van der Waals surface area contributed by atoms with Crippen molar-refractivity contribution in [1.29, 1.82) is 0 Å². The van der Waals surface area contributed by atoms with E-state index in [1.807, 2.05) is 24.3 Å². The summed E-state index contributed by atoms with van der Waals surface area (Å²) < 4.78 is 0. The van der Waals surface area contributed by atoms with Crippen LogP contribution in [-0.2, 0) is 0 Å². The molecular formula is C28H30N2O. The number of hydrogen-bond acceptors (Lipinski definition) is 2. The Morgan fingerprint density at radius 1 is 0.903 bits per heavy atom. The van der Waals surface area contributed by atoms with Gasteiger partial charge in [-0.1, -0.05) is 48.0 Å². The number of carbonyl (C=O) groups is 1. The number of rotatable bonds is 3. The number of pyridine rings is 1. The van der Waals surface area contributed by atoms with Gasteiger partial charge in [0.25, 0.3) is 5.91 Å². The molecule has 1 aromatic heterocycles. The zero-order valence-electron chi connectivity index (χ0n) is 18.4. The Bertz CT molecular complexity index is 1140. The molecule has 0 radical (unpaired) electrons. The van der Waals surface area contributed by atoms with Gasteiger partial charge in [0.05, 0.1) is 16.8 Å². The van der Waals surface area contributed by atoms with E-state index in [2.05, 4.69) is 43.4 Å². The van der Waals surface area contributed by atoms with Gasteiger partial charge in [0.2, 0.25) is 0 Å². The van der Waals surface area contributed by atoms with Crippen LogP contribution in [0.1, 0.15) is 60.0 Å². The molecule has 31 heavy (non-hydrogen) atoms. The van der Waals surface area contributed by atoms with E-state index in [0.717, 1.165) is 51.0 Å². The van der Waals surface area contributed by atoms with Gasteiger partial charge in [-0.2, -0.15) is 0 Å². The molecule has 158 valence electrons. The number of nitrogens with one attached hydrogen (secondary N) is 1. The molecule has 4 aliphatic carbocycles. The lowest BCUT2D eigenvalue weighted by molar-refractivity contribution is -0.0166. The fourth-order valence-electron chi connectivity index (χ4n) is 7.16. The summed E-state index contributed by atoms with van der Waals surface area (Å²) in [7, 11) is 0. The van der Waals surface area contributed by atoms with Crippen LogP contribution in [0.15, 0.2) is 48.5 Å². The van der Waals surface area contributed by atoms with Gasteiger partial charge in [0.15, 0.2) is 0 Å². The van der Waals surface area contributed by atoms with Gasteiger partial charge in [-0.25, -0.2) is 4.98 Å². The number of benzene rings is 2. The number of nitrogens with zero attached hydrogens (tertiary/aromatic N) is 1. The van der Waals surface area contributed by atoms with E-state index in [4.69, 9.17) is 4.98 Å². The Morgan fingerprint density at radius 3 is 2.16 bits per heavy atom. The first-order chi connectivity index (χ1) is 15.0. The van der Waals surface area contributed by atoms with Crippen molar-refractivity contribution >= 4 is 16.8 Å². The molecule has 4 fully saturated rings. The summed E-state index contributed by atoms with van der Waals surface area (Å²) in [5.74, 6) is 2.52. The van der Waals surface area contributed by atoms with Crippen LogP contribution >= 0.6 is 0 Å². The Labute approximate surface area is 184 Å². The summed E-state index contributed by atoms with van der Waals surface area (Å²) in [5, 5.41) is 4.55. The van der Waals surface area contributed by atoms with Crippen LogP contribution in [0.4, 0.5) is 0 Å². The first kappa shape index (κ1) is 19.0. The Balaban J connectivity index is 1.44. The molecule has 1 N–H and O–H groups in total. The lowest BCUT2D eigenvalue weighted by Gasteiger charge is -2.56. The molecule has 3 aromatic rings. The Kier molecular flexibility index (Phi) is 4.25. The predicted octanol–water partition coefficient (Wildman–Crippen LogP) is 6.22. The molecule has 3 heteroatoms. The van der Waals surface area contributed by atoms with Crippen molar-refractivity contribution < 1.29 is 4.79 Å². The molecule has 0 saturated heterocycles. The van der Waals surface area contributed by atoms with Crippen LogP contribution in [0.2, 0.25) is 0 Å². The quantitative estimate of drug-likeness (QED) is 0.557. The molecule has 4 bridgehead atoms. The number of aromatic nitrogens is 1. The third-order valence-electron chi connectivity index (χ3n) is 8.10. The molecule has 0 unspecified atom stereocenters. The molecule has 4 aliphatic rings. The average Bonchev–Trinajstić information content (AvgIpc) is 2.72. The minimum Gasteiger partial charge on any atom is -0.347 e. The van der Waals surface area contributed by atoms with Crippen LogP contribution < -0.4 is 5.32 Å². The molecule has 1 heterocycles. The maximum Gasteiger partial charge on any atom is 0.252 e. The minimum atomic E-state index is 0.00662. The van der Waals surface area contributed by atoms with Crippen molar-refractivity contribution in [2.45, 2.75) is 57.9 Å². The zero-order chi connectivity index (χ0) is 21.2. The maximum absolute atomic E-state index is 13.9. The number of amides is 1. The van der Waals surface area contributed by atoms with E-state index in [9.17, 15) is 4.79 Å². The van der Waals surface area contributed by atoms with Crippen LogP contribution in [0, 0.1) is 31.6 Å². The van der Waals surface area contributed by atoms with Crippen molar-refractivity contribution in [3.8, 4) is 11.3 Å². The monoisotopic (exact) mass is 410 g/mol. The van der Waals surface area contributed by atoms with Crippen molar-refractivity contribution in [1.82, 2.24) is 10.3 Å². The standard InChI is InChI=1S/C28H30N2O/c1-17-7-9-22(10-8-17)26-18(2)25(23-5-3-4-6-24(23)29-26)27(31)30-28-14-19-11-20(15-28)13-21(12-19)16-28/h3-10,19-21H,11-16H2,1-2H3,(H,30,31). The molecule has 1 amide bonds. The zero-order valence-corrected chi connectivity index (χ0v) is 18.4. The van der Waals surface area contributed by atoms with Gasteiger partial charge < -0.3 is 5.32 Å². The molecule has 7 rings (SSSR count). The highest BCUT2D eigenvalue weighted by molar-refractivity contribution is 6.09. The minimum absolute atomic E-state index is 0.00662. The van der Waals surface area contributed by atoms with E-state index in [1.54, 1.807) is 0 Å². The van der Waals surface area contributed by atoms with Crippen molar-refractivity contribution in [3.05, 3.63) is 65.2 Å². The second-order valence-corrected chi connectivity index (χ2v) is 10.5. The summed E-state index contributed by atoms with van der Waals surface area (Å²) in [6.07, 6.45) is 7.63. The summed E-state index contributed by atoms with van der Waals surface area (Å²) in [4.78, 5) is 18.8. The van der Waals surface area contributed by atoms with Crippen molar-refractivity contribution in [2.75, 3.05) is 0 Å². The molecule has 0 atom stereocenters. The van der Waals surface area contributed by atoms with E-state index in [0.29, 0.717) is 0 Å². The number of para-hydroxylation sites is 1. The molecular weight excluding hydrogens is 380 g/mol. The summed E-state index contributed by atoms with van der Waals surface area (Å²) in [6.45, 7) is 4.15. The van der Waals surface area contributed by atoms with E-state index in [1.165, 1.54) is 44.1 Å². The fraction of sp³-hybridized carbons (Fsp3) is 0.429. The Morgan fingerprint density at radius 2 is 1.52 bits per heavy atom. The molecule has 0 spiro atoms. The number of carbonyl (C=O) groups excluding carboxylic acids is 1. The highest BCUT2D eigenvalue weighted by Gasteiger charge is 2.51. The predicted molar refractivity (Wildman–Crippen MR) is 125 cm³/mol. The third kappa shape index (κ3) is 3.17. The van der Waals surface area contributed by atoms with Crippen molar-refractivity contribution in [2.24, 2.45) is 17.8 Å². The summed E-state index contributed by atoms with van der Waals surface area (Å²) >= 11 is 0. The highest BCUT2D eigenvalue weighted by atomic mass is 16.1. The van der Waals surface area contributed by atoms with Gasteiger partial charge >= 0.3 is 0 Å². The second kappa shape index (κ2) is 6.91. The van der Waals surface area contributed by atoms with Crippen LogP contribution in [0.3, 0.4) is 0 Å². The smallest absolute Gasteiger partial charge is 0.252 e. The highest BCUT2D eigenvalue weighted by Crippen LogP contribution is 2.55. The number of fused-ring (bicyclic) bond motifs is 1. The lowest BCUT2D eigenvalue weighted by Crippen LogP contribution is -2.59. The van der Waals surface area contributed by atoms with Gasteiger partial charge in [-0.3, -0.25) is 4.79 Å². The van der Waals surface area contributed by atoms with Crippen LogP contribution in [0.5, 0.6) is 0 Å². The van der Waals surface area contributed by atoms with E-state index < -0.39 is 0 Å². The SMILES string of the molecule is Cc1ccc(-c2nc3ccccc3c(C(=O)NC34CC5CC(CC(C5)C3)C4)c2C)cc1. The lowest BCUT2D eigenvalue weighted by atomic mass is 9.53. The van der Waals surface area contributed by atoms with Gasteiger partial charge in [0.1, 0.15) is 0 Å². The fourth-order valence-corrected chi connectivity index (χ4v) is 7.16. The van der Waals surface area contributed by atoms with Gasteiger partial charge in [0, 0.05) is 16.5 Å². The number of hydrogen-bond donors (Lipinski definition) is 1. The maximum atomic E-state index is 13.9. The van der Waals surface area contributed by atoms with Crippen LogP contribution in [0.25, 0.3) is 22.2 Å². The third-order valence-corrected chi connectivity index (χ3v) is 8.10. The first-order valence-corrected chi connectivity index (χ1v) is 11.8. The largest absolute Gasteiger partial charge is 0.347 e. The molecule has 2 aromatic carbocycles. The molecule has 4 saturated carbocycles. The summed E-state index contributed by atoms with van der Waals surface area (Å²) in [5.41, 5.74) is 5.88. The van der Waals surface area contributed by atoms with Crippen molar-refractivity contribution in [3.63, 3.8) is 0 Å². The Hall–Kier alpha value is -2.68. The molecule has 0 aliphatic heterocycles. The topological polar surface area (TPSA) is 42.0 Å². The second-order valence-electron chi connectivity index (χ2n) is 10.5. The van der Waals surface area contributed by atoms with Crippen LogP contribution in [-0.4, -0.2) is 16.4 Å². The summed E-state index contributed by atoms with van der Waals surface area (Å²) in [6, 6.07) is 16.5. The first-order valence-electron chi connectivity index (χ1n) is 11.8. The normalized spacial score (nSPS) is 28.8. The molecule has 3 nitrogen and oxygen atoms in total. The van der Waals surface area contributed by atoms with Gasteiger partial charge in [-0.15, -0.1) is 0 Å². The average molecular weight is 411 g/mol. The van der Waals surface area contributed by atoms with E-state index >= 15 is 0 Å². The number of aryl methyl sites for hydroxylation is 1.